The number of benzene rings is 8. The van der Waals surface area contributed by atoms with Crippen molar-refractivity contribution in [3.63, 3.8) is 0 Å². The molecule has 2 heterocycles. The summed E-state index contributed by atoms with van der Waals surface area (Å²) in [5.74, 6) is 1.49. The van der Waals surface area contributed by atoms with Gasteiger partial charge in [-0.2, -0.15) is 0 Å². The molecule has 0 fully saturated rings. The van der Waals surface area contributed by atoms with Crippen LogP contribution in [0.2, 0.25) is 0 Å². The molecule has 0 radical (unpaired) electrons. The molecule has 51 heavy (non-hydrogen) atoms. The molecule has 1 aromatic heterocycles. The van der Waals surface area contributed by atoms with Gasteiger partial charge >= 0.3 is 0 Å². The second-order valence-electron chi connectivity index (χ2n) is 13.3. The molecule has 238 valence electrons. The van der Waals surface area contributed by atoms with Crippen molar-refractivity contribution in [2.45, 2.75) is 6.17 Å². The summed E-state index contributed by atoms with van der Waals surface area (Å²) >= 11 is 0. The number of fused-ring (bicyclic) bond motifs is 8. The fraction of sp³-hybridized carbons (Fsp3) is 0.0213. The molecular formula is C47H29N3O. The fourth-order valence-electron chi connectivity index (χ4n) is 8.15. The van der Waals surface area contributed by atoms with Crippen LogP contribution in [0.3, 0.4) is 0 Å². The van der Waals surface area contributed by atoms with Crippen molar-refractivity contribution in [1.82, 2.24) is 5.32 Å². The van der Waals surface area contributed by atoms with Gasteiger partial charge in [-0.1, -0.05) is 146 Å². The normalized spacial score (nSPS) is 14.9. The Bertz CT molecular complexity index is 2950. The third kappa shape index (κ3) is 4.26. The lowest BCUT2D eigenvalue weighted by Crippen LogP contribution is -2.34. The van der Waals surface area contributed by atoms with E-state index in [2.05, 4.69) is 163 Å². The van der Waals surface area contributed by atoms with E-state index in [0.717, 1.165) is 61.0 Å². The maximum Gasteiger partial charge on any atom is 0.159 e. The SMILES string of the molecule is c1ccc(C2N=C(c3ccc4ccccc4c3)N=C(c3ccccc3-c3cccc4oc5c6c(ccc5c34)-c3cccc4cccc-6c34)N2)cc1. The van der Waals surface area contributed by atoms with Gasteiger partial charge in [0.15, 0.2) is 5.84 Å². The summed E-state index contributed by atoms with van der Waals surface area (Å²) in [4.78, 5) is 10.4. The summed E-state index contributed by atoms with van der Waals surface area (Å²) in [6.45, 7) is 0. The topological polar surface area (TPSA) is 49.9 Å². The Kier molecular flexibility index (Phi) is 5.98. The van der Waals surface area contributed by atoms with Gasteiger partial charge < -0.3 is 9.73 Å². The molecule has 4 nitrogen and oxygen atoms in total. The third-order valence-electron chi connectivity index (χ3n) is 10.5. The van der Waals surface area contributed by atoms with Crippen LogP contribution in [0, 0.1) is 0 Å². The lowest BCUT2D eigenvalue weighted by molar-refractivity contribution is 0.670. The first-order valence-corrected chi connectivity index (χ1v) is 17.4. The first-order chi connectivity index (χ1) is 25.3. The average Bonchev–Trinajstić information content (AvgIpc) is 3.75. The molecule has 1 N–H and O–H groups in total. The number of nitrogens with zero attached hydrogens (tertiary/aromatic N) is 2. The first kappa shape index (κ1) is 28.1. The zero-order valence-electron chi connectivity index (χ0n) is 27.5. The first-order valence-electron chi connectivity index (χ1n) is 17.4. The fourth-order valence-corrected chi connectivity index (χ4v) is 8.15. The number of hydrogen-bond acceptors (Lipinski definition) is 4. The largest absolute Gasteiger partial charge is 0.455 e. The predicted molar refractivity (Wildman–Crippen MR) is 210 cm³/mol. The van der Waals surface area contributed by atoms with Gasteiger partial charge in [-0.25, -0.2) is 9.98 Å². The molecule has 11 rings (SSSR count). The third-order valence-corrected chi connectivity index (χ3v) is 10.5. The molecule has 8 aromatic carbocycles. The summed E-state index contributed by atoms with van der Waals surface area (Å²) in [6.07, 6.45) is -0.300. The highest BCUT2D eigenvalue weighted by atomic mass is 16.3. The molecule has 1 aliphatic heterocycles. The van der Waals surface area contributed by atoms with Crippen LogP contribution in [0.25, 0.3) is 76.9 Å². The number of hydrogen-bond donors (Lipinski definition) is 1. The number of rotatable bonds is 4. The molecular weight excluding hydrogens is 623 g/mol. The highest BCUT2D eigenvalue weighted by molar-refractivity contribution is 6.25. The molecule has 1 atom stereocenters. The van der Waals surface area contributed by atoms with Gasteiger partial charge in [0.1, 0.15) is 23.2 Å². The lowest BCUT2D eigenvalue weighted by atomic mass is 9.93. The molecule has 1 unspecified atom stereocenters. The van der Waals surface area contributed by atoms with Crippen molar-refractivity contribution in [1.29, 1.82) is 0 Å². The minimum Gasteiger partial charge on any atom is -0.455 e. The van der Waals surface area contributed by atoms with Crippen molar-refractivity contribution in [3.05, 3.63) is 180 Å². The van der Waals surface area contributed by atoms with Gasteiger partial charge in [-0.05, 0) is 73.1 Å². The van der Waals surface area contributed by atoms with Gasteiger partial charge in [0.25, 0.3) is 0 Å². The number of furan rings is 1. The number of aliphatic imine (C=N–C) groups is 2. The van der Waals surface area contributed by atoms with E-state index in [1.165, 1.54) is 38.4 Å². The van der Waals surface area contributed by atoms with E-state index >= 15 is 0 Å². The van der Waals surface area contributed by atoms with Crippen LogP contribution >= 0.6 is 0 Å². The molecule has 4 heteroatoms. The van der Waals surface area contributed by atoms with E-state index in [1.807, 2.05) is 6.07 Å². The maximum absolute atomic E-state index is 6.83. The van der Waals surface area contributed by atoms with Crippen molar-refractivity contribution < 1.29 is 4.42 Å². The summed E-state index contributed by atoms with van der Waals surface area (Å²) < 4.78 is 6.83. The quantitative estimate of drug-likeness (QED) is 0.206. The molecule has 0 saturated heterocycles. The summed E-state index contributed by atoms with van der Waals surface area (Å²) in [7, 11) is 0. The van der Waals surface area contributed by atoms with Crippen LogP contribution in [-0.4, -0.2) is 11.7 Å². The number of amidine groups is 2. The van der Waals surface area contributed by atoms with E-state index < -0.39 is 0 Å². The van der Waals surface area contributed by atoms with E-state index in [9.17, 15) is 0 Å². The molecule has 0 spiro atoms. The van der Waals surface area contributed by atoms with Crippen LogP contribution in [0.15, 0.2) is 178 Å². The van der Waals surface area contributed by atoms with E-state index in [0.29, 0.717) is 5.84 Å². The van der Waals surface area contributed by atoms with Crippen LogP contribution < -0.4 is 5.32 Å². The predicted octanol–water partition coefficient (Wildman–Crippen LogP) is 11.7. The Labute approximate surface area is 294 Å². The minimum atomic E-state index is -0.300. The van der Waals surface area contributed by atoms with Crippen molar-refractivity contribution in [3.8, 4) is 33.4 Å². The molecule has 9 aromatic rings. The maximum atomic E-state index is 6.83. The van der Waals surface area contributed by atoms with Gasteiger partial charge in [-0.3, -0.25) is 0 Å². The van der Waals surface area contributed by atoms with Gasteiger partial charge in [-0.15, -0.1) is 0 Å². The molecule has 1 aliphatic carbocycles. The van der Waals surface area contributed by atoms with Crippen LogP contribution in [0.5, 0.6) is 0 Å². The average molecular weight is 652 g/mol. The van der Waals surface area contributed by atoms with Crippen LogP contribution in [0.1, 0.15) is 22.9 Å². The molecule has 0 saturated carbocycles. The summed E-state index contributed by atoms with van der Waals surface area (Å²) in [5, 5.41) is 10.8. The van der Waals surface area contributed by atoms with Crippen LogP contribution in [0.4, 0.5) is 0 Å². The van der Waals surface area contributed by atoms with E-state index in [1.54, 1.807) is 0 Å². The Balaban J connectivity index is 1.10. The summed E-state index contributed by atoms with van der Waals surface area (Å²) in [6, 6.07) is 57.8. The van der Waals surface area contributed by atoms with E-state index in [4.69, 9.17) is 14.4 Å². The molecule has 0 amide bonds. The Morgan fingerprint density at radius 2 is 1.18 bits per heavy atom. The van der Waals surface area contributed by atoms with Crippen LogP contribution in [-0.2, 0) is 0 Å². The second kappa shape index (κ2) is 10.9. The Morgan fingerprint density at radius 1 is 0.490 bits per heavy atom. The molecule has 2 aliphatic rings. The highest BCUT2D eigenvalue weighted by Crippen LogP contribution is 2.52. The monoisotopic (exact) mass is 651 g/mol. The second-order valence-corrected chi connectivity index (χ2v) is 13.3. The van der Waals surface area contributed by atoms with E-state index in [-0.39, 0.29) is 6.17 Å². The Hall–Kier alpha value is -6.78. The molecule has 0 bridgehead atoms. The summed E-state index contributed by atoms with van der Waals surface area (Å²) in [5.41, 5.74) is 12.0. The minimum absolute atomic E-state index is 0.300. The number of nitrogens with one attached hydrogen (secondary N) is 1. The van der Waals surface area contributed by atoms with Gasteiger partial charge in [0.2, 0.25) is 0 Å². The lowest BCUT2D eigenvalue weighted by Gasteiger charge is -2.25. The Morgan fingerprint density at radius 3 is 2.04 bits per heavy atom. The van der Waals surface area contributed by atoms with Gasteiger partial charge in [0, 0.05) is 27.5 Å². The smallest absolute Gasteiger partial charge is 0.159 e. The standard InChI is InChI=1S/C47H29N3O/c1-2-12-30(13-3-1)45-48-46(32-24-23-28-11-4-5-14-31(28)27-32)50-47(49-45)37-18-7-6-17-33(37)34-20-10-22-40-42(34)39-26-25-36-35-19-8-15-29-16-9-21-38(41(29)35)43(36)44(39)51-40/h1-27,45H,(H,48,49,50). The van der Waals surface area contributed by atoms with Crippen molar-refractivity contribution >= 4 is 55.2 Å². The van der Waals surface area contributed by atoms with Crippen molar-refractivity contribution in [2.75, 3.05) is 0 Å². The van der Waals surface area contributed by atoms with Crippen molar-refractivity contribution in [2.24, 2.45) is 9.98 Å². The zero-order valence-corrected chi connectivity index (χ0v) is 27.5. The van der Waals surface area contributed by atoms with Gasteiger partial charge in [0.05, 0.1) is 0 Å². The zero-order chi connectivity index (χ0) is 33.5. The highest BCUT2D eigenvalue weighted by Gasteiger charge is 2.28.